The second-order valence-corrected chi connectivity index (χ2v) is 7.04. The van der Waals surface area contributed by atoms with Gasteiger partial charge in [-0.3, -0.25) is 4.79 Å². The third-order valence-corrected chi connectivity index (χ3v) is 4.86. The highest BCUT2D eigenvalue weighted by Crippen LogP contribution is 2.35. The normalized spacial score (nSPS) is 14.3. The second-order valence-electron chi connectivity index (χ2n) is 5.79. The van der Waals surface area contributed by atoms with Crippen LogP contribution in [0.25, 0.3) is 16.7 Å². The molecule has 3 nitrogen and oxygen atoms in total. The summed E-state index contributed by atoms with van der Waals surface area (Å²) in [6, 6.07) is 24.2. The van der Waals surface area contributed by atoms with Crippen LogP contribution in [0, 0.1) is 3.57 Å². The van der Waals surface area contributed by atoms with Crippen molar-refractivity contribution < 1.29 is 4.79 Å². The maximum absolute atomic E-state index is 12.3. The molecule has 0 fully saturated rings. The Balaban J connectivity index is 1.63. The molecule has 0 bridgehead atoms. The van der Waals surface area contributed by atoms with E-state index in [-0.39, 0.29) is 5.91 Å². The summed E-state index contributed by atoms with van der Waals surface area (Å²) in [4.78, 5) is 12.3. The first-order valence-electron chi connectivity index (χ1n) is 7.94. The number of carbonyl (C=O) groups is 1. The summed E-state index contributed by atoms with van der Waals surface area (Å²) in [6.45, 7) is 0. The lowest BCUT2D eigenvalue weighted by atomic mass is 10.0. The van der Waals surface area contributed by atoms with Crippen molar-refractivity contribution in [3.05, 3.63) is 88.1 Å². The number of amides is 1. The first-order chi connectivity index (χ1) is 12.2. The van der Waals surface area contributed by atoms with E-state index in [0.29, 0.717) is 5.57 Å². The van der Waals surface area contributed by atoms with Crippen LogP contribution in [0.1, 0.15) is 5.56 Å². The van der Waals surface area contributed by atoms with Gasteiger partial charge in [0.2, 0.25) is 0 Å². The van der Waals surface area contributed by atoms with Crippen LogP contribution in [-0.4, -0.2) is 5.91 Å². The lowest BCUT2D eigenvalue weighted by Gasteiger charge is -2.05. The Morgan fingerprint density at radius 2 is 1.64 bits per heavy atom. The smallest absolute Gasteiger partial charge is 0.257 e. The molecule has 1 aliphatic rings. The molecule has 0 radical (unpaired) electrons. The number of hydrogen-bond acceptors (Lipinski definition) is 2. The average Bonchev–Trinajstić information content (AvgIpc) is 2.96. The number of halogens is 1. The fourth-order valence-corrected chi connectivity index (χ4v) is 3.21. The highest BCUT2D eigenvalue weighted by molar-refractivity contribution is 14.1. The molecule has 0 saturated carbocycles. The molecule has 4 heteroatoms. The van der Waals surface area contributed by atoms with Crippen LogP contribution in [0.15, 0.2) is 79.0 Å². The van der Waals surface area contributed by atoms with Crippen molar-refractivity contribution >= 4 is 45.4 Å². The highest BCUT2D eigenvalue weighted by atomic mass is 127. The molecular formula is C21H15IN2O. The fraction of sp³-hybridized carbons (Fsp3) is 0. The first kappa shape index (κ1) is 15.9. The molecule has 0 unspecified atom stereocenters. The predicted molar refractivity (Wildman–Crippen MR) is 111 cm³/mol. The molecule has 122 valence electrons. The summed E-state index contributed by atoms with van der Waals surface area (Å²) in [6.07, 6.45) is 1.77. The van der Waals surface area contributed by atoms with E-state index in [9.17, 15) is 4.79 Å². The maximum atomic E-state index is 12.3. The van der Waals surface area contributed by atoms with E-state index >= 15 is 0 Å². The zero-order chi connectivity index (χ0) is 17.2. The summed E-state index contributed by atoms with van der Waals surface area (Å²) < 4.78 is 1.17. The Bertz CT molecular complexity index is 963. The maximum Gasteiger partial charge on any atom is 0.257 e. The minimum Gasteiger partial charge on any atom is -0.361 e. The van der Waals surface area contributed by atoms with Crippen LogP contribution in [-0.2, 0) is 4.79 Å². The molecule has 1 aliphatic heterocycles. The van der Waals surface area contributed by atoms with E-state index < -0.39 is 0 Å². The van der Waals surface area contributed by atoms with Gasteiger partial charge < -0.3 is 10.6 Å². The van der Waals surface area contributed by atoms with Gasteiger partial charge in [-0.2, -0.15) is 0 Å². The molecule has 0 saturated heterocycles. The predicted octanol–water partition coefficient (Wildman–Crippen LogP) is 5.36. The van der Waals surface area contributed by atoms with Gasteiger partial charge in [0.15, 0.2) is 0 Å². The minimum absolute atomic E-state index is 0.0850. The van der Waals surface area contributed by atoms with Crippen LogP contribution < -0.4 is 10.6 Å². The van der Waals surface area contributed by atoms with Gasteiger partial charge in [-0.05, 0) is 64.0 Å². The third kappa shape index (κ3) is 3.30. The third-order valence-electron chi connectivity index (χ3n) is 4.14. The molecule has 1 amide bonds. The summed E-state index contributed by atoms with van der Waals surface area (Å²) >= 11 is 2.27. The molecule has 0 aromatic heterocycles. The Hall–Kier alpha value is -2.60. The zero-order valence-electron chi connectivity index (χ0n) is 13.3. The number of carbonyl (C=O) groups excluding carboxylic acids is 1. The van der Waals surface area contributed by atoms with E-state index in [2.05, 4.69) is 45.4 Å². The average molecular weight is 438 g/mol. The van der Waals surface area contributed by atoms with E-state index in [0.717, 1.165) is 28.1 Å². The second kappa shape index (κ2) is 6.72. The quantitative estimate of drug-likeness (QED) is 0.427. The van der Waals surface area contributed by atoms with Crippen LogP contribution in [0.5, 0.6) is 0 Å². The zero-order valence-corrected chi connectivity index (χ0v) is 15.4. The van der Waals surface area contributed by atoms with E-state index in [4.69, 9.17) is 0 Å². The molecule has 25 heavy (non-hydrogen) atoms. The lowest BCUT2D eigenvalue weighted by Crippen LogP contribution is -2.05. The summed E-state index contributed by atoms with van der Waals surface area (Å²) in [5, 5.41) is 6.16. The van der Waals surface area contributed by atoms with Gasteiger partial charge in [0.1, 0.15) is 0 Å². The number of anilines is 2. The molecule has 1 heterocycles. The first-order valence-corrected chi connectivity index (χ1v) is 9.02. The monoisotopic (exact) mass is 438 g/mol. The molecule has 4 rings (SSSR count). The minimum atomic E-state index is -0.0850. The van der Waals surface area contributed by atoms with Gasteiger partial charge in [-0.25, -0.2) is 0 Å². The number of fused-ring (bicyclic) bond motifs is 1. The number of nitrogens with one attached hydrogen (secondary N) is 2. The molecule has 0 atom stereocenters. The van der Waals surface area contributed by atoms with Crippen molar-refractivity contribution in [1.82, 2.24) is 0 Å². The fourth-order valence-electron chi connectivity index (χ4n) is 2.85. The summed E-state index contributed by atoms with van der Waals surface area (Å²) in [7, 11) is 0. The molecule has 0 spiro atoms. The van der Waals surface area contributed by atoms with Crippen molar-refractivity contribution in [1.29, 1.82) is 0 Å². The Kier molecular flexibility index (Phi) is 4.28. The molecule has 2 N–H and O–H groups in total. The summed E-state index contributed by atoms with van der Waals surface area (Å²) in [5.41, 5.74) is 5.59. The largest absolute Gasteiger partial charge is 0.361 e. The molecule has 3 aromatic carbocycles. The number of rotatable bonds is 3. The van der Waals surface area contributed by atoms with E-state index in [1.807, 2.05) is 60.7 Å². The van der Waals surface area contributed by atoms with Gasteiger partial charge in [0, 0.05) is 26.7 Å². The van der Waals surface area contributed by atoms with Gasteiger partial charge >= 0.3 is 0 Å². The lowest BCUT2D eigenvalue weighted by molar-refractivity contribution is -0.110. The Morgan fingerprint density at radius 3 is 2.40 bits per heavy atom. The Morgan fingerprint density at radius 1 is 0.880 bits per heavy atom. The molecule has 0 aliphatic carbocycles. The van der Waals surface area contributed by atoms with Crippen molar-refractivity contribution in [2.75, 3.05) is 10.6 Å². The van der Waals surface area contributed by atoms with Crippen LogP contribution in [0.2, 0.25) is 0 Å². The van der Waals surface area contributed by atoms with Gasteiger partial charge in [0.05, 0.1) is 5.57 Å². The Labute approximate surface area is 159 Å². The summed E-state index contributed by atoms with van der Waals surface area (Å²) in [5.74, 6) is -0.0850. The highest BCUT2D eigenvalue weighted by Gasteiger charge is 2.24. The molecule has 3 aromatic rings. The topological polar surface area (TPSA) is 41.1 Å². The van der Waals surface area contributed by atoms with Gasteiger partial charge in [0.25, 0.3) is 5.91 Å². The molecular weight excluding hydrogens is 423 g/mol. The van der Waals surface area contributed by atoms with Crippen molar-refractivity contribution in [3.63, 3.8) is 0 Å². The van der Waals surface area contributed by atoms with Crippen molar-refractivity contribution in [2.24, 2.45) is 0 Å². The van der Waals surface area contributed by atoms with Gasteiger partial charge in [-0.1, -0.05) is 42.5 Å². The SMILES string of the molecule is O=C1Nc2cc(-c3ccccc3)ccc2/C1=C\Nc1ccc(I)cc1. The van der Waals surface area contributed by atoms with Crippen LogP contribution >= 0.6 is 22.6 Å². The van der Waals surface area contributed by atoms with Crippen LogP contribution in [0.4, 0.5) is 11.4 Å². The van der Waals surface area contributed by atoms with Crippen molar-refractivity contribution in [3.8, 4) is 11.1 Å². The van der Waals surface area contributed by atoms with Crippen molar-refractivity contribution in [2.45, 2.75) is 0 Å². The van der Waals surface area contributed by atoms with Gasteiger partial charge in [-0.15, -0.1) is 0 Å². The standard InChI is InChI=1S/C21H15IN2O/c22-16-7-9-17(10-8-16)23-13-19-18-11-6-15(12-20(18)24-21(19)25)14-4-2-1-3-5-14/h1-13,23H,(H,24,25)/b19-13+. The number of benzene rings is 3. The van der Waals surface area contributed by atoms with E-state index in [1.54, 1.807) is 6.20 Å². The number of hydrogen-bond donors (Lipinski definition) is 2. The van der Waals surface area contributed by atoms with Crippen LogP contribution in [0.3, 0.4) is 0 Å². The van der Waals surface area contributed by atoms with E-state index in [1.165, 1.54) is 3.57 Å².